The second-order valence-electron chi connectivity index (χ2n) is 8.73. The van der Waals surface area contributed by atoms with Crippen LogP contribution in [0.25, 0.3) is 16.7 Å². The molecule has 0 saturated heterocycles. The molecule has 2 aromatic rings. The summed E-state index contributed by atoms with van der Waals surface area (Å²) in [5, 5.41) is 0. The van der Waals surface area contributed by atoms with Crippen molar-refractivity contribution in [3.8, 4) is 11.1 Å². The standard InChI is InChI=1S/C31H36O3/c1-22(2)24(5)14-7-12-20-30(32)29-19-11-10-18-28(29)27-17-9-8-16-26(27)25(6)15-13-21-34-31(33)23(3)4/h8-11,16-19H,1,3,5-7,12-15,20-21H2,2,4H3. The van der Waals surface area contributed by atoms with Crippen molar-refractivity contribution in [2.75, 3.05) is 6.61 Å². The minimum Gasteiger partial charge on any atom is -0.462 e. The molecule has 0 aliphatic rings. The van der Waals surface area contributed by atoms with Crippen molar-refractivity contribution in [2.45, 2.75) is 52.4 Å². The first-order valence-electron chi connectivity index (χ1n) is 11.8. The molecule has 0 unspecified atom stereocenters. The number of esters is 1. The summed E-state index contributed by atoms with van der Waals surface area (Å²) < 4.78 is 5.20. The first-order chi connectivity index (χ1) is 16.2. The Morgan fingerprint density at radius 1 is 0.706 bits per heavy atom. The fourth-order valence-electron chi connectivity index (χ4n) is 3.67. The van der Waals surface area contributed by atoms with E-state index >= 15 is 0 Å². The van der Waals surface area contributed by atoms with Gasteiger partial charge in [0.15, 0.2) is 5.78 Å². The lowest BCUT2D eigenvalue weighted by Crippen LogP contribution is -2.06. The molecule has 0 N–H and O–H groups in total. The van der Waals surface area contributed by atoms with Crippen LogP contribution in [0, 0.1) is 0 Å². The second-order valence-corrected chi connectivity index (χ2v) is 8.73. The zero-order chi connectivity index (χ0) is 25.1. The van der Waals surface area contributed by atoms with Gasteiger partial charge in [-0.25, -0.2) is 4.79 Å². The van der Waals surface area contributed by atoms with Crippen LogP contribution >= 0.6 is 0 Å². The molecule has 178 valence electrons. The van der Waals surface area contributed by atoms with Crippen LogP contribution in [0.1, 0.15) is 68.3 Å². The van der Waals surface area contributed by atoms with Gasteiger partial charge in [0.1, 0.15) is 0 Å². The van der Waals surface area contributed by atoms with E-state index in [2.05, 4.69) is 26.3 Å². The van der Waals surface area contributed by atoms with E-state index in [9.17, 15) is 9.59 Å². The molecule has 0 saturated carbocycles. The summed E-state index contributed by atoms with van der Waals surface area (Å²) in [5.41, 5.74) is 7.05. The summed E-state index contributed by atoms with van der Waals surface area (Å²) >= 11 is 0. The predicted octanol–water partition coefficient (Wildman–Crippen LogP) is 8.14. The third-order valence-corrected chi connectivity index (χ3v) is 5.77. The highest BCUT2D eigenvalue weighted by Crippen LogP contribution is 2.33. The minimum atomic E-state index is -0.373. The summed E-state index contributed by atoms with van der Waals surface area (Å²) in [4.78, 5) is 24.7. The smallest absolute Gasteiger partial charge is 0.333 e. The normalized spacial score (nSPS) is 10.4. The SMILES string of the molecule is C=C(C)C(=C)CCCCC(=O)c1ccccc1-c1ccccc1C(=C)CCCOC(=O)C(=C)C. The zero-order valence-corrected chi connectivity index (χ0v) is 20.6. The molecule has 0 atom stereocenters. The molecule has 0 spiro atoms. The van der Waals surface area contributed by atoms with Gasteiger partial charge in [-0.05, 0) is 68.2 Å². The maximum absolute atomic E-state index is 13.1. The number of ether oxygens (including phenoxy) is 1. The van der Waals surface area contributed by atoms with E-state index in [1.165, 1.54) is 0 Å². The molecule has 2 rings (SSSR count). The lowest BCUT2D eigenvalue weighted by molar-refractivity contribution is -0.139. The Balaban J connectivity index is 2.10. The highest BCUT2D eigenvalue weighted by molar-refractivity contribution is 6.03. The van der Waals surface area contributed by atoms with Crippen LogP contribution in [0.4, 0.5) is 0 Å². The van der Waals surface area contributed by atoms with Crippen molar-refractivity contribution in [1.82, 2.24) is 0 Å². The van der Waals surface area contributed by atoms with Crippen molar-refractivity contribution in [1.29, 1.82) is 0 Å². The van der Waals surface area contributed by atoms with Crippen molar-refractivity contribution in [3.63, 3.8) is 0 Å². The third kappa shape index (κ3) is 7.84. The van der Waals surface area contributed by atoms with Crippen LogP contribution in [0.5, 0.6) is 0 Å². The average Bonchev–Trinajstić information content (AvgIpc) is 2.83. The van der Waals surface area contributed by atoms with Crippen LogP contribution < -0.4 is 0 Å². The Hall–Kier alpha value is -3.46. The predicted molar refractivity (Wildman–Crippen MR) is 143 cm³/mol. The molecule has 3 heteroatoms. The van der Waals surface area contributed by atoms with Crippen LogP contribution in [0.2, 0.25) is 0 Å². The van der Waals surface area contributed by atoms with Crippen LogP contribution in [-0.2, 0) is 9.53 Å². The first-order valence-corrected chi connectivity index (χ1v) is 11.8. The molecular formula is C31H36O3. The largest absolute Gasteiger partial charge is 0.462 e. The number of hydrogen-bond donors (Lipinski definition) is 0. The van der Waals surface area contributed by atoms with Gasteiger partial charge in [-0.3, -0.25) is 4.79 Å². The number of rotatable bonds is 14. The average molecular weight is 457 g/mol. The lowest BCUT2D eigenvalue weighted by atomic mass is 9.89. The molecular weight excluding hydrogens is 420 g/mol. The maximum Gasteiger partial charge on any atom is 0.333 e. The van der Waals surface area contributed by atoms with Gasteiger partial charge < -0.3 is 4.74 Å². The Morgan fingerprint density at radius 3 is 1.88 bits per heavy atom. The Morgan fingerprint density at radius 2 is 1.26 bits per heavy atom. The summed E-state index contributed by atoms with van der Waals surface area (Å²) in [6, 6.07) is 15.8. The number of allylic oxidation sites excluding steroid dienone is 3. The quantitative estimate of drug-likeness (QED) is 0.0947. The number of Topliss-reactive ketones (excluding diaryl/α,β-unsaturated/α-hetero) is 1. The molecule has 0 aliphatic carbocycles. The van der Waals surface area contributed by atoms with Crippen molar-refractivity contribution in [3.05, 3.63) is 103 Å². The monoisotopic (exact) mass is 456 g/mol. The summed E-state index contributed by atoms with van der Waals surface area (Å²) in [7, 11) is 0. The number of hydrogen-bond acceptors (Lipinski definition) is 3. The van der Waals surface area contributed by atoms with E-state index in [4.69, 9.17) is 4.74 Å². The second kappa shape index (κ2) is 13.3. The van der Waals surface area contributed by atoms with Crippen molar-refractivity contribution in [2.24, 2.45) is 0 Å². The summed E-state index contributed by atoms with van der Waals surface area (Å²) in [6.45, 7) is 19.7. The van der Waals surface area contributed by atoms with E-state index in [1.807, 2.05) is 55.5 Å². The Bertz CT molecular complexity index is 1000. The molecule has 3 nitrogen and oxygen atoms in total. The topological polar surface area (TPSA) is 43.4 Å². The summed E-state index contributed by atoms with van der Waals surface area (Å²) in [5.74, 6) is -0.231. The fourth-order valence-corrected chi connectivity index (χ4v) is 3.67. The Labute approximate surface area is 204 Å². The molecule has 0 bridgehead atoms. The number of unbranched alkanes of at least 4 members (excludes halogenated alkanes) is 1. The zero-order valence-electron chi connectivity index (χ0n) is 20.6. The van der Waals surface area contributed by atoms with E-state index in [-0.39, 0.29) is 11.8 Å². The molecule has 0 radical (unpaired) electrons. The van der Waals surface area contributed by atoms with Gasteiger partial charge in [-0.1, -0.05) is 86.0 Å². The van der Waals surface area contributed by atoms with Crippen LogP contribution in [0.3, 0.4) is 0 Å². The van der Waals surface area contributed by atoms with Gasteiger partial charge in [-0.2, -0.15) is 0 Å². The number of benzene rings is 2. The molecule has 0 heterocycles. The Kier molecular flexibility index (Phi) is 10.5. The van der Waals surface area contributed by atoms with Gasteiger partial charge in [0, 0.05) is 17.6 Å². The van der Waals surface area contributed by atoms with Crippen molar-refractivity contribution < 1.29 is 14.3 Å². The molecule has 0 amide bonds. The number of carbonyl (C=O) groups excluding carboxylic acids is 2. The van der Waals surface area contributed by atoms with E-state index < -0.39 is 0 Å². The molecule has 0 aromatic heterocycles. The highest BCUT2D eigenvalue weighted by atomic mass is 16.5. The van der Waals surface area contributed by atoms with Gasteiger partial charge in [0.2, 0.25) is 0 Å². The van der Waals surface area contributed by atoms with Crippen molar-refractivity contribution >= 4 is 17.3 Å². The van der Waals surface area contributed by atoms with Crippen LogP contribution in [-0.4, -0.2) is 18.4 Å². The number of ketones is 1. The molecule has 0 fully saturated rings. The third-order valence-electron chi connectivity index (χ3n) is 5.77. The lowest BCUT2D eigenvalue weighted by Gasteiger charge is -2.15. The maximum atomic E-state index is 13.1. The molecule has 2 aromatic carbocycles. The van der Waals surface area contributed by atoms with E-state index in [1.54, 1.807) is 6.92 Å². The first kappa shape index (κ1) is 26.8. The van der Waals surface area contributed by atoms with Gasteiger partial charge in [0.25, 0.3) is 0 Å². The van der Waals surface area contributed by atoms with E-state index in [0.717, 1.165) is 58.2 Å². The van der Waals surface area contributed by atoms with E-state index in [0.29, 0.717) is 31.4 Å². The van der Waals surface area contributed by atoms with Gasteiger partial charge in [0.05, 0.1) is 6.61 Å². The van der Waals surface area contributed by atoms with Gasteiger partial charge >= 0.3 is 5.97 Å². The minimum absolute atomic E-state index is 0.142. The number of carbonyl (C=O) groups is 2. The van der Waals surface area contributed by atoms with Gasteiger partial charge in [-0.15, -0.1) is 0 Å². The summed E-state index contributed by atoms with van der Waals surface area (Å²) in [6.07, 6.45) is 4.46. The fraction of sp³-hybridized carbons (Fsp3) is 0.290. The molecule has 0 aliphatic heterocycles. The molecule has 34 heavy (non-hydrogen) atoms. The van der Waals surface area contributed by atoms with Crippen LogP contribution in [0.15, 0.2) is 91.6 Å². The highest BCUT2D eigenvalue weighted by Gasteiger charge is 2.16.